The number of quaternary nitrogens is 1. The molecule has 0 saturated carbocycles. The summed E-state index contributed by atoms with van der Waals surface area (Å²) in [5.74, 6) is 5.70. The Kier molecular flexibility index (Phi) is 17.0. The zero-order valence-corrected chi connectivity index (χ0v) is 14.5. The van der Waals surface area contributed by atoms with Crippen LogP contribution in [-0.2, 0) is 0 Å². The Morgan fingerprint density at radius 2 is 1.88 bits per heavy atom. The molecule has 16 heavy (non-hydrogen) atoms. The molecule has 1 atom stereocenters. The lowest BCUT2D eigenvalue weighted by atomic mass is 10.4. The van der Waals surface area contributed by atoms with E-state index in [9.17, 15) is 0 Å². The molecule has 0 aromatic heterocycles. The summed E-state index contributed by atoms with van der Waals surface area (Å²) in [7, 11) is 7.97. The second-order valence-electron chi connectivity index (χ2n) is 4.26. The molecule has 100 valence electrons. The normalized spacial score (nSPS) is 12.2. The van der Waals surface area contributed by atoms with Gasteiger partial charge in [-0.15, -0.1) is 6.58 Å². The summed E-state index contributed by atoms with van der Waals surface area (Å²) in [4.78, 5) is 2.53. The van der Waals surface area contributed by atoms with Gasteiger partial charge in [0.15, 0.2) is 0 Å². The van der Waals surface area contributed by atoms with E-state index in [1.165, 1.54) is 0 Å². The van der Waals surface area contributed by atoms with Gasteiger partial charge in [0, 0.05) is 11.9 Å². The summed E-state index contributed by atoms with van der Waals surface area (Å²) >= 11 is 6.83. The molecular formula is C10H24Br2ClN3. The zero-order chi connectivity index (χ0) is 12.5. The van der Waals surface area contributed by atoms with E-state index in [0.717, 1.165) is 18.4 Å². The van der Waals surface area contributed by atoms with Gasteiger partial charge in [-0.2, -0.15) is 5.84 Å². The van der Waals surface area contributed by atoms with Crippen LogP contribution in [0.4, 0.5) is 0 Å². The maximum Gasteiger partial charge on any atom is 0.109 e. The molecule has 0 aromatic rings. The number of likely N-dealkylation sites (N-methyl/N-ethyl adjacent to an activating group) is 1. The molecule has 2 N–H and O–H groups in total. The highest BCUT2D eigenvalue weighted by Gasteiger charge is 2.14. The molecule has 0 aromatic carbocycles. The van der Waals surface area contributed by atoms with E-state index >= 15 is 0 Å². The Morgan fingerprint density at radius 3 is 1.94 bits per heavy atom. The summed E-state index contributed by atoms with van der Waals surface area (Å²) in [6.07, 6.45) is 1.88. The highest BCUT2D eigenvalue weighted by atomic mass is 79.9. The monoisotopic (exact) mass is 379 g/mol. The van der Waals surface area contributed by atoms with E-state index in [2.05, 4.69) is 43.3 Å². The number of halogens is 3. The molecule has 0 rings (SSSR count). The first-order valence-corrected chi connectivity index (χ1v) is 6.84. The Labute approximate surface area is 123 Å². The van der Waals surface area contributed by atoms with Crippen molar-refractivity contribution < 1.29 is 17.0 Å². The van der Waals surface area contributed by atoms with Crippen molar-refractivity contribution in [3.63, 3.8) is 0 Å². The fraction of sp³-hybridized carbons (Fsp3) is 0.800. The number of hydrogen-bond acceptors (Lipinski definition) is 2. The molecule has 3 nitrogen and oxygen atoms in total. The second kappa shape index (κ2) is 12.3. The average Bonchev–Trinajstić information content (AvgIpc) is 2.01. The molecule has 0 bridgehead atoms. The van der Waals surface area contributed by atoms with Gasteiger partial charge >= 0.3 is 0 Å². The number of rotatable bonds is 5. The van der Waals surface area contributed by atoms with Crippen molar-refractivity contribution >= 4 is 31.9 Å². The number of nitrogens with zero attached hydrogens (tertiary/aromatic N) is 2. The molecule has 0 spiro atoms. The summed E-state index contributed by atoms with van der Waals surface area (Å²) < 4.78 is 0.515. The molecule has 0 aliphatic carbocycles. The molecule has 0 radical (unpaired) electrons. The van der Waals surface area contributed by atoms with Gasteiger partial charge in [0.25, 0.3) is 0 Å². The maximum atomic E-state index is 5.70. The third kappa shape index (κ3) is 24.2. The molecule has 0 heterocycles. The first kappa shape index (κ1) is 22.1. The highest BCUT2D eigenvalue weighted by Crippen LogP contribution is 2.05. The minimum absolute atomic E-state index is 0. The predicted molar refractivity (Wildman–Crippen MR) is 76.4 cm³/mol. The Hall–Kier alpha value is 0.870. The summed E-state index contributed by atoms with van der Waals surface area (Å²) in [6.45, 7) is 5.47. The van der Waals surface area contributed by atoms with Crippen molar-refractivity contribution in [3.05, 3.63) is 12.7 Å². The molecular weight excluding hydrogens is 357 g/mol. The summed E-state index contributed by atoms with van der Waals surface area (Å²) in [6, 6.07) is 0. The van der Waals surface area contributed by atoms with E-state index in [-0.39, 0.29) is 12.4 Å². The second-order valence-corrected chi connectivity index (χ2v) is 6.21. The van der Waals surface area contributed by atoms with Crippen LogP contribution in [0.2, 0.25) is 0 Å². The summed E-state index contributed by atoms with van der Waals surface area (Å²) in [5, 5.41) is 0.950. The smallest absolute Gasteiger partial charge is 0.109 e. The van der Waals surface area contributed by atoms with Gasteiger partial charge in [-0.3, -0.25) is 4.59 Å². The number of hydrogen-bond donors (Lipinski definition) is 1. The van der Waals surface area contributed by atoms with Gasteiger partial charge in [0.1, 0.15) is 6.54 Å². The molecule has 0 fully saturated rings. The third-order valence-corrected chi connectivity index (χ3v) is 3.59. The minimum Gasteiger partial charge on any atom is -1.00 e. The minimum atomic E-state index is 0. The largest absolute Gasteiger partial charge is 1.00 e. The average molecular weight is 382 g/mol. The van der Waals surface area contributed by atoms with E-state index in [1.807, 2.05) is 34.3 Å². The van der Waals surface area contributed by atoms with E-state index < -0.39 is 0 Å². The number of alkyl halides is 2. The van der Waals surface area contributed by atoms with E-state index in [1.54, 1.807) is 0 Å². The molecule has 0 aliphatic rings. The van der Waals surface area contributed by atoms with Gasteiger partial charge in [-0.1, -0.05) is 37.9 Å². The van der Waals surface area contributed by atoms with Gasteiger partial charge in [-0.25, -0.2) is 0 Å². The van der Waals surface area contributed by atoms with Crippen molar-refractivity contribution in [1.29, 1.82) is 0 Å². The lowest BCUT2D eigenvalue weighted by Crippen LogP contribution is -3.00. The van der Waals surface area contributed by atoms with Crippen LogP contribution in [-0.4, -0.2) is 60.9 Å². The standard InChI is InChI=1S/C5H13Br2N2.C5H11N.ClH/c1-9(2,8)4-5(7)3-6;1-4-5-6(2)3;/h5H,3-4,8H2,1-2H3;4H,1,5H2,2-3H3;1H/q+1;;/p-1. The SMILES string of the molecule is C=CCN(C)C.C[N+](C)(N)CC(Br)CBr.[Cl-]. The first-order chi connectivity index (χ1) is 6.72. The lowest BCUT2D eigenvalue weighted by molar-refractivity contribution is -0.901. The molecule has 1 unspecified atom stereocenters. The topological polar surface area (TPSA) is 29.3 Å². The van der Waals surface area contributed by atoms with Crippen LogP contribution < -0.4 is 18.2 Å². The van der Waals surface area contributed by atoms with Crippen LogP contribution in [0.25, 0.3) is 0 Å². The quantitative estimate of drug-likeness (QED) is 0.214. The van der Waals surface area contributed by atoms with Crippen LogP contribution >= 0.6 is 31.9 Å². The highest BCUT2D eigenvalue weighted by molar-refractivity contribution is 9.12. The summed E-state index contributed by atoms with van der Waals surface area (Å²) in [5.41, 5.74) is 0. The van der Waals surface area contributed by atoms with Crippen molar-refractivity contribution in [3.8, 4) is 0 Å². The molecule has 0 amide bonds. The lowest BCUT2D eigenvalue weighted by Gasteiger charge is -2.24. The van der Waals surface area contributed by atoms with Gasteiger partial charge in [0.05, 0.1) is 18.9 Å². The van der Waals surface area contributed by atoms with E-state index in [0.29, 0.717) is 9.42 Å². The fourth-order valence-corrected chi connectivity index (χ4v) is 1.77. The predicted octanol–water partition coefficient (Wildman–Crippen LogP) is -1.17. The van der Waals surface area contributed by atoms with Crippen molar-refractivity contribution in [2.75, 3.05) is 46.6 Å². The molecule has 0 saturated heterocycles. The van der Waals surface area contributed by atoms with Crippen molar-refractivity contribution in [2.45, 2.75) is 4.83 Å². The van der Waals surface area contributed by atoms with Crippen LogP contribution in [0.15, 0.2) is 12.7 Å². The maximum absolute atomic E-state index is 5.70. The Bertz CT molecular complexity index is 161. The zero-order valence-electron chi connectivity index (χ0n) is 10.6. The van der Waals surface area contributed by atoms with Crippen LogP contribution in [0.3, 0.4) is 0 Å². The number of nitrogens with two attached hydrogens (primary N) is 1. The Balaban J connectivity index is -0.000000214. The third-order valence-electron chi connectivity index (χ3n) is 1.33. The van der Waals surface area contributed by atoms with Gasteiger partial charge in [0.2, 0.25) is 0 Å². The Morgan fingerprint density at radius 1 is 1.44 bits per heavy atom. The fourth-order valence-electron chi connectivity index (χ4n) is 0.818. The van der Waals surface area contributed by atoms with Crippen molar-refractivity contribution in [2.24, 2.45) is 5.84 Å². The van der Waals surface area contributed by atoms with Crippen LogP contribution in [0.5, 0.6) is 0 Å². The van der Waals surface area contributed by atoms with Crippen LogP contribution in [0.1, 0.15) is 0 Å². The molecule has 6 heteroatoms. The van der Waals surface area contributed by atoms with Crippen molar-refractivity contribution in [1.82, 2.24) is 4.90 Å². The van der Waals surface area contributed by atoms with Gasteiger partial charge in [-0.05, 0) is 14.1 Å². The van der Waals surface area contributed by atoms with Crippen LogP contribution in [0, 0.1) is 0 Å². The van der Waals surface area contributed by atoms with E-state index in [4.69, 9.17) is 5.84 Å². The molecule has 0 aliphatic heterocycles. The van der Waals surface area contributed by atoms with Gasteiger partial charge < -0.3 is 17.3 Å². The first-order valence-electron chi connectivity index (χ1n) is 4.80.